The predicted octanol–water partition coefficient (Wildman–Crippen LogP) is 3.15. The Kier molecular flexibility index (Phi) is 7.36. The molecule has 0 radical (unpaired) electrons. The van der Waals surface area contributed by atoms with Gasteiger partial charge in [-0.25, -0.2) is 0 Å². The van der Waals surface area contributed by atoms with Gasteiger partial charge >= 0.3 is 0 Å². The van der Waals surface area contributed by atoms with Crippen LogP contribution < -0.4 is 5.32 Å². The summed E-state index contributed by atoms with van der Waals surface area (Å²) in [6.45, 7) is 10.6. The van der Waals surface area contributed by atoms with Gasteiger partial charge in [0.05, 0.1) is 0 Å². The molecule has 5 nitrogen and oxygen atoms in total. The molecular weight excluding hydrogens is 348 g/mol. The molecule has 2 aliphatic heterocycles. The molecule has 0 spiro atoms. The molecular formula is C23H38N4O. The molecule has 1 aromatic carbocycles. The molecule has 1 fully saturated rings. The van der Waals surface area contributed by atoms with Crippen molar-refractivity contribution in [2.24, 2.45) is 10.9 Å². The van der Waals surface area contributed by atoms with E-state index in [1.165, 1.54) is 30.4 Å². The van der Waals surface area contributed by atoms with Crippen molar-refractivity contribution in [3.8, 4) is 0 Å². The van der Waals surface area contributed by atoms with Gasteiger partial charge in [0.1, 0.15) is 0 Å². The van der Waals surface area contributed by atoms with Gasteiger partial charge in [0, 0.05) is 59.0 Å². The summed E-state index contributed by atoms with van der Waals surface area (Å²) in [5, 5.41) is 3.63. The van der Waals surface area contributed by atoms with Crippen LogP contribution in [-0.4, -0.2) is 68.2 Å². The van der Waals surface area contributed by atoms with Gasteiger partial charge in [0.25, 0.3) is 0 Å². The highest BCUT2D eigenvalue weighted by atomic mass is 16.5. The van der Waals surface area contributed by atoms with Crippen LogP contribution in [-0.2, 0) is 17.7 Å². The van der Waals surface area contributed by atoms with E-state index >= 15 is 0 Å². The van der Waals surface area contributed by atoms with Crippen LogP contribution in [0.1, 0.15) is 44.2 Å². The fourth-order valence-electron chi connectivity index (χ4n) is 4.32. The smallest absolute Gasteiger partial charge is 0.193 e. The minimum absolute atomic E-state index is 0.0744. The van der Waals surface area contributed by atoms with Crippen LogP contribution >= 0.6 is 0 Å². The molecule has 2 aliphatic rings. The number of hydrogen-bond donors (Lipinski definition) is 1. The average Bonchev–Trinajstić information content (AvgIpc) is 2.73. The fourth-order valence-corrected chi connectivity index (χ4v) is 4.32. The van der Waals surface area contributed by atoms with Gasteiger partial charge < -0.3 is 15.0 Å². The van der Waals surface area contributed by atoms with Crippen LogP contribution in [0, 0.1) is 5.92 Å². The number of aliphatic imine (C=N–C) groups is 1. The van der Waals surface area contributed by atoms with Crippen LogP contribution in [0.5, 0.6) is 0 Å². The highest BCUT2D eigenvalue weighted by molar-refractivity contribution is 5.79. The maximum atomic E-state index is 5.48. The number of hydrogen-bond acceptors (Lipinski definition) is 3. The lowest BCUT2D eigenvalue weighted by atomic mass is 9.94. The van der Waals surface area contributed by atoms with E-state index in [9.17, 15) is 0 Å². The summed E-state index contributed by atoms with van der Waals surface area (Å²) in [6, 6.07) is 8.85. The number of guanidine groups is 1. The minimum Gasteiger partial charge on any atom is -0.381 e. The fraction of sp³-hybridized carbons (Fsp3) is 0.696. The minimum atomic E-state index is 0.0744. The molecule has 0 bridgehead atoms. The Morgan fingerprint density at radius 3 is 2.68 bits per heavy atom. The largest absolute Gasteiger partial charge is 0.381 e. The first-order valence-electron chi connectivity index (χ1n) is 10.8. The first-order valence-corrected chi connectivity index (χ1v) is 10.8. The first kappa shape index (κ1) is 21.1. The van der Waals surface area contributed by atoms with Crippen molar-refractivity contribution in [2.75, 3.05) is 46.9 Å². The van der Waals surface area contributed by atoms with Crippen LogP contribution in [0.25, 0.3) is 0 Å². The van der Waals surface area contributed by atoms with E-state index in [1.807, 2.05) is 7.05 Å². The Morgan fingerprint density at radius 1 is 1.25 bits per heavy atom. The number of nitrogens with zero attached hydrogens (tertiary/aromatic N) is 3. The number of ether oxygens (including phenoxy) is 1. The molecule has 0 aliphatic carbocycles. The molecule has 1 aromatic rings. The molecule has 0 saturated carbocycles. The summed E-state index contributed by atoms with van der Waals surface area (Å²) < 4.78 is 5.48. The third-order valence-corrected chi connectivity index (χ3v) is 6.45. The van der Waals surface area contributed by atoms with Crippen molar-refractivity contribution in [2.45, 2.75) is 51.6 Å². The summed E-state index contributed by atoms with van der Waals surface area (Å²) in [7, 11) is 4.04. The van der Waals surface area contributed by atoms with E-state index in [-0.39, 0.29) is 5.54 Å². The van der Waals surface area contributed by atoms with Crippen molar-refractivity contribution in [1.82, 2.24) is 15.1 Å². The summed E-state index contributed by atoms with van der Waals surface area (Å²) in [4.78, 5) is 9.39. The highest BCUT2D eigenvalue weighted by Gasteiger charge is 2.30. The number of nitrogens with one attached hydrogen (secondary N) is 1. The standard InChI is InChI=1S/C23H38N4O/c1-23(2,27-14-10-20-7-5-6-8-21(20)17-27)18-25-22(24-3)26(4)13-9-19-11-15-28-16-12-19/h5-8,19H,9-18H2,1-4H3,(H,24,25). The van der Waals surface area contributed by atoms with Gasteiger partial charge in [-0.15, -0.1) is 0 Å². The van der Waals surface area contributed by atoms with Gasteiger partial charge in [0.15, 0.2) is 5.96 Å². The summed E-state index contributed by atoms with van der Waals surface area (Å²) in [5.74, 6) is 1.79. The number of fused-ring (bicyclic) bond motifs is 1. The van der Waals surface area contributed by atoms with Crippen molar-refractivity contribution < 1.29 is 4.74 Å². The highest BCUT2D eigenvalue weighted by Crippen LogP contribution is 2.25. The van der Waals surface area contributed by atoms with Crippen LogP contribution in [0.15, 0.2) is 29.3 Å². The lowest BCUT2D eigenvalue weighted by molar-refractivity contribution is 0.0624. The first-order chi connectivity index (χ1) is 13.5. The lowest BCUT2D eigenvalue weighted by Gasteiger charge is -2.42. The zero-order valence-corrected chi connectivity index (χ0v) is 18.2. The lowest BCUT2D eigenvalue weighted by Crippen LogP contribution is -2.54. The van der Waals surface area contributed by atoms with E-state index in [4.69, 9.17) is 4.74 Å². The Morgan fingerprint density at radius 2 is 1.96 bits per heavy atom. The molecule has 2 heterocycles. The molecule has 0 aromatic heterocycles. The van der Waals surface area contributed by atoms with Crippen LogP contribution in [0.4, 0.5) is 0 Å². The summed E-state index contributed by atoms with van der Waals surface area (Å²) in [5.41, 5.74) is 3.05. The predicted molar refractivity (Wildman–Crippen MR) is 117 cm³/mol. The van der Waals surface area contributed by atoms with Gasteiger partial charge in [-0.3, -0.25) is 9.89 Å². The van der Waals surface area contributed by atoms with Crippen LogP contribution in [0.2, 0.25) is 0 Å². The topological polar surface area (TPSA) is 40.1 Å². The number of benzene rings is 1. The Labute approximate surface area is 171 Å². The molecule has 0 unspecified atom stereocenters. The van der Waals surface area contributed by atoms with E-state index in [0.717, 1.165) is 57.7 Å². The Hall–Kier alpha value is -1.59. The van der Waals surface area contributed by atoms with Crippen molar-refractivity contribution in [3.05, 3.63) is 35.4 Å². The third kappa shape index (κ3) is 5.48. The van der Waals surface area contributed by atoms with Crippen molar-refractivity contribution >= 4 is 5.96 Å². The van der Waals surface area contributed by atoms with Gasteiger partial charge in [-0.1, -0.05) is 24.3 Å². The molecule has 5 heteroatoms. The summed E-state index contributed by atoms with van der Waals surface area (Å²) >= 11 is 0. The molecule has 28 heavy (non-hydrogen) atoms. The maximum absolute atomic E-state index is 5.48. The second kappa shape index (κ2) is 9.75. The molecule has 1 N–H and O–H groups in total. The van der Waals surface area contributed by atoms with E-state index in [0.29, 0.717) is 0 Å². The third-order valence-electron chi connectivity index (χ3n) is 6.45. The normalized spacial score (nSPS) is 19.4. The molecule has 156 valence electrons. The van der Waals surface area contributed by atoms with Gasteiger partial charge in [-0.05, 0) is 56.6 Å². The van der Waals surface area contributed by atoms with Gasteiger partial charge in [-0.2, -0.15) is 0 Å². The second-order valence-corrected chi connectivity index (χ2v) is 8.92. The zero-order chi connectivity index (χ0) is 20.0. The van der Waals surface area contributed by atoms with E-state index in [2.05, 4.69) is 65.3 Å². The monoisotopic (exact) mass is 386 g/mol. The average molecular weight is 387 g/mol. The molecule has 0 atom stereocenters. The van der Waals surface area contributed by atoms with Crippen molar-refractivity contribution in [3.63, 3.8) is 0 Å². The van der Waals surface area contributed by atoms with E-state index in [1.54, 1.807) is 0 Å². The molecule has 1 saturated heterocycles. The van der Waals surface area contributed by atoms with Crippen molar-refractivity contribution in [1.29, 1.82) is 0 Å². The molecule has 0 amide bonds. The Balaban J connectivity index is 1.49. The quantitative estimate of drug-likeness (QED) is 0.602. The second-order valence-electron chi connectivity index (χ2n) is 8.92. The van der Waals surface area contributed by atoms with E-state index < -0.39 is 0 Å². The molecule has 3 rings (SSSR count). The Bertz CT molecular complexity index is 652. The van der Waals surface area contributed by atoms with Gasteiger partial charge in [0.2, 0.25) is 0 Å². The maximum Gasteiger partial charge on any atom is 0.193 e. The zero-order valence-electron chi connectivity index (χ0n) is 18.2. The summed E-state index contributed by atoms with van der Waals surface area (Å²) in [6.07, 6.45) is 4.75. The van der Waals surface area contributed by atoms with Crippen LogP contribution in [0.3, 0.4) is 0 Å². The SMILES string of the molecule is CN=C(NCC(C)(C)N1CCc2ccccc2C1)N(C)CCC1CCOCC1. The number of rotatable bonds is 6.